The number of primary amides is 1. The van der Waals surface area contributed by atoms with Gasteiger partial charge in [-0.15, -0.1) is 0 Å². The van der Waals surface area contributed by atoms with Crippen molar-refractivity contribution >= 4 is 40.3 Å². The lowest BCUT2D eigenvalue weighted by Gasteiger charge is -2.13. The summed E-state index contributed by atoms with van der Waals surface area (Å²) < 4.78 is 9.66. The molecule has 1 aliphatic carbocycles. The number of benzene rings is 1. The van der Waals surface area contributed by atoms with Crippen LogP contribution in [0.5, 0.6) is 5.75 Å². The molecule has 1 aromatic carbocycles. The predicted molar refractivity (Wildman–Crippen MR) is 153 cm³/mol. The number of hydrogen-bond acceptors (Lipinski definition) is 8. The van der Waals surface area contributed by atoms with Crippen molar-refractivity contribution in [2.45, 2.75) is 39.8 Å². The largest absolute Gasteiger partial charge is 0.491 e. The first-order valence-corrected chi connectivity index (χ1v) is 13.3. The number of carbonyl (C=O) groups is 2. The average molecular weight is 544 g/mol. The Labute approximate surface area is 231 Å². The number of ether oxygens (including phenoxy) is 1. The van der Waals surface area contributed by atoms with Gasteiger partial charge >= 0.3 is 0 Å². The van der Waals surface area contributed by atoms with Crippen LogP contribution in [0.2, 0.25) is 0 Å². The number of aryl methyl sites for hydroxylation is 2. The van der Waals surface area contributed by atoms with Crippen LogP contribution in [0.1, 0.15) is 46.3 Å². The molecule has 1 aliphatic rings. The van der Waals surface area contributed by atoms with Gasteiger partial charge in [0.2, 0.25) is 11.9 Å². The predicted octanol–water partition coefficient (Wildman–Crippen LogP) is 3.35. The fourth-order valence-corrected chi connectivity index (χ4v) is 4.38. The second kappa shape index (κ2) is 11.5. The normalized spacial score (nSPS) is 13.2. The summed E-state index contributed by atoms with van der Waals surface area (Å²) >= 11 is 0. The molecule has 0 atom stereocenters. The number of carbonyl (C=O) groups excluding carboxylic acids is 2. The monoisotopic (exact) mass is 543 g/mol. The first-order valence-electron chi connectivity index (χ1n) is 13.3. The van der Waals surface area contributed by atoms with Crippen molar-refractivity contribution in [1.82, 2.24) is 24.3 Å². The Morgan fingerprint density at radius 1 is 1.23 bits per heavy atom. The summed E-state index contributed by atoms with van der Waals surface area (Å²) in [5.41, 5.74) is 14.9. The smallest absolute Gasteiger partial charge is 0.276 e. The van der Waals surface area contributed by atoms with E-state index in [-0.39, 0.29) is 11.5 Å². The first-order chi connectivity index (χ1) is 19.3. The van der Waals surface area contributed by atoms with Gasteiger partial charge in [-0.2, -0.15) is 5.10 Å². The maximum absolute atomic E-state index is 13.3. The fourth-order valence-electron chi connectivity index (χ4n) is 4.38. The molecule has 12 nitrogen and oxygen atoms in total. The van der Waals surface area contributed by atoms with E-state index in [0.717, 1.165) is 24.2 Å². The molecule has 2 amide bonds. The molecule has 3 aromatic heterocycles. The van der Waals surface area contributed by atoms with Crippen LogP contribution in [0, 0.1) is 12.8 Å². The van der Waals surface area contributed by atoms with E-state index in [1.54, 1.807) is 29.1 Å². The summed E-state index contributed by atoms with van der Waals surface area (Å²) in [5, 5.41) is 10.5. The summed E-state index contributed by atoms with van der Waals surface area (Å²) in [6, 6.07) is 8.66. The fraction of sp³-hybridized carbons (Fsp3) is 0.321. The molecule has 5 rings (SSSR count). The van der Waals surface area contributed by atoms with Crippen molar-refractivity contribution in [2.24, 2.45) is 11.7 Å². The van der Waals surface area contributed by atoms with Crippen molar-refractivity contribution in [2.75, 3.05) is 29.5 Å². The Hall–Kier alpha value is -4.87. The van der Waals surface area contributed by atoms with Gasteiger partial charge in [0, 0.05) is 31.4 Å². The van der Waals surface area contributed by atoms with Crippen LogP contribution in [-0.4, -0.2) is 49.3 Å². The van der Waals surface area contributed by atoms with Crippen molar-refractivity contribution in [3.63, 3.8) is 0 Å². The van der Waals surface area contributed by atoms with E-state index in [1.807, 2.05) is 42.7 Å². The highest BCUT2D eigenvalue weighted by molar-refractivity contribution is 6.04. The van der Waals surface area contributed by atoms with E-state index in [9.17, 15) is 9.59 Å². The van der Waals surface area contributed by atoms with Gasteiger partial charge in [-0.1, -0.05) is 12.2 Å². The molecule has 0 saturated heterocycles. The highest BCUT2D eigenvalue weighted by Gasteiger charge is 2.25. The lowest BCUT2D eigenvalue weighted by molar-refractivity contribution is 0.0995. The highest BCUT2D eigenvalue weighted by Crippen LogP contribution is 2.34. The van der Waals surface area contributed by atoms with Crippen molar-refractivity contribution in [3.05, 3.63) is 65.6 Å². The van der Waals surface area contributed by atoms with Crippen molar-refractivity contribution in [3.8, 4) is 5.75 Å². The standard InChI is InChI=1S/C28H33N9O3/c1-3-37-22(13-17(2)35-37)27(39)34-28-33-21-14-19(26(30)38)15-23(40-16-18-8-9-18)24(21)36(28)12-5-4-10-31-20-7-6-11-32-25(20)29/h4-7,11,13-15,18,31H,3,8-10,12,16H2,1-2H3,(H2,29,32)(H2,30,38)(H,33,34,39). The van der Waals surface area contributed by atoms with Gasteiger partial charge in [-0.3, -0.25) is 19.6 Å². The van der Waals surface area contributed by atoms with Crippen LogP contribution >= 0.6 is 0 Å². The van der Waals surface area contributed by atoms with Crippen LogP contribution in [0.15, 0.2) is 48.7 Å². The Bertz CT molecular complexity index is 1580. The number of anilines is 3. The zero-order valence-electron chi connectivity index (χ0n) is 22.6. The Morgan fingerprint density at radius 2 is 2.05 bits per heavy atom. The zero-order chi connectivity index (χ0) is 28.2. The molecular formula is C28H33N9O3. The van der Waals surface area contributed by atoms with Gasteiger partial charge in [0.25, 0.3) is 5.91 Å². The number of amides is 2. The summed E-state index contributed by atoms with van der Waals surface area (Å²) in [7, 11) is 0. The number of nitrogens with two attached hydrogens (primary N) is 2. The van der Waals surface area contributed by atoms with Crippen LogP contribution in [0.4, 0.5) is 17.5 Å². The maximum Gasteiger partial charge on any atom is 0.276 e. The minimum Gasteiger partial charge on any atom is -0.491 e. The number of imidazole rings is 1. The number of allylic oxidation sites excluding steroid dienone is 1. The average Bonchev–Trinajstić information content (AvgIpc) is 3.59. The van der Waals surface area contributed by atoms with Gasteiger partial charge in [0.1, 0.15) is 22.8 Å². The number of rotatable bonds is 12. The molecule has 3 heterocycles. The summed E-state index contributed by atoms with van der Waals surface area (Å²) in [6.45, 7) is 5.72. The zero-order valence-corrected chi connectivity index (χ0v) is 22.6. The first kappa shape index (κ1) is 26.7. The Balaban J connectivity index is 1.48. The summed E-state index contributed by atoms with van der Waals surface area (Å²) in [4.78, 5) is 34.2. The second-order valence-corrected chi connectivity index (χ2v) is 9.74. The highest BCUT2D eigenvalue weighted by atomic mass is 16.5. The lowest BCUT2D eigenvalue weighted by atomic mass is 10.1. The number of nitrogens with one attached hydrogen (secondary N) is 2. The van der Waals surface area contributed by atoms with Crippen LogP contribution in [0.25, 0.3) is 11.0 Å². The number of nitrogens with zero attached hydrogens (tertiary/aromatic N) is 5. The summed E-state index contributed by atoms with van der Waals surface area (Å²) in [5.74, 6) is 0.800. The Kier molecular flexibility index (Phi) is 7.67. The van der Waals surface area contributed by atoms with Crippen molar-refractivity contribution in [1.29, 1.82) is 0 Å². The van der Waals surface area contributed by atoms with Crippen molar-refractivity contribution < 1.29 is 14.3 Å². The van der Waals surface area contributed by atoms with Crippen LogP contribution in [0.3, 0.4) is 0 Å². The van der Waals surface area contributed by atoms with Gasteiger partial charge in [0.05, 0.1) is 23.5 Å². The molecule has 6 N–H and O–H groups in total. The maximum atomic E-state index is 13.3. The molecule has 1 saturated carbocycles. The molecule has 0 spiro atoms. The molecule has 1 fully saturated rings. The number of nitrogen functional groups attached to an aromatic ring is 1. The van der Waals surface area contributed by atoms with E-state index >= 15 is 0 Å². The van der Waals surface area contributed by atoms with E-state index < -0.39 is 5.91 Å². The van der Waals surface area contributed by atoms with Crippen LogP contribution in [-0.2, 0) is 13.1 Å². The van der Waals surface area contributed by atoms with E-state index in [1.165, 1.54) is 0 Å². The molecular weight excluding hydrogens is 510 g/mol. The number of aromatic nitrogens is 5. The number of pyridine rings is 1. The Morgan fingerprint density at radius 3 is 2.77 bits per heavy atom. The molecule has 0 bridgehead atoms. The van der Waals surface area contributed by atoms with Gasteiger partial charge < -0.3 is 26.1 Å². The SMILES string of the molecule is CCn1nc(C)cc1C(=O)Nc1nc2cc(C(N)=O)cc(OCC3CC3)c2n1CC=CCNc1cccnc1N. The molecule has 0 radical (unpaired) electrons. The van der Waals surface area contributed by atoms with E-state index in [4.69, 9.17) is 16.2 Å². The summed E-state index contributed by atoms with van der Waals surface area (Å²) in [6.07, 6.45) is 7.75. The van der Waals surface area contributed by atoms with E-state index in [2.05, 4.69) is 25.7 Å². The van der Waals surface area contributed by atoms with Crippen LogP contribution < -0.4 is 26.8 Å². The minimum atomic E-state index is -0.582. The molecule has 208 valence electrons. The quantitative estimate of drug-likeness (QED) is 0.197. The molecule has 40 heavy (non-hydrogen) atoms. The van der Waals surface area contributed by atoms with Gasteiger partial charge in [-0.25, -0.2) is 9.97 Å². The van der Waals surface area contributed by atoms with E-state index in [0.29, 0.717) is 66.4 Å². The topological polar surface area (TPSA) is 168 Å². The molecule has 4 aromatic rings. The lowest BCUT2D eigenvalue weighted by Crippen LogP contribution is -2.20. The number of fused-ring (bicyclic) bond motifs is 1. The number of hydrogen-bond donors (Lipinski definition) is 4. The molecule has 0 aliphatic heterocycles. The van der Waals surface area contributed by atoms with Gasteiger partial charge in [-0.05, 0) is 62.9 Å². The second-order valence-electron chi connectivity index (χ2n) is 9.74. The van der Waals surface area contributed by atoms with Gasteiger partial charge in [0.15, 0.2) is 0 Å². The third kappa shape index (κ3) is 5.90. The third-order valence-electron chi connectivity index (χ3n) is 6.63. The molecule has 12 heteroatoms. The third-order valence-corrected chi connectivity index (χ3v) is 6.63. The molecule has 0 unspecified atom stereocenters. The minimum absolute atomic E-state index is 0.286.